The number of hydrogen-bond donors (Lipinski definition) is 0. The zero-order valence-corrected chi connectivity index (χ0v) is 9.01. The van der Waals surface area contributed by atoms with Gasteiger partial charge < -0.3 is 4.74 Å². The van der Waals surface area contributed by atoms with Crippen LogP contribution in [0.1, 0.15) is 39.0 Å². The number of hydrogen-bond acceptors (Lipinski definition) is 2. The molecule has 3 atom stereocenters. The van der Waals surface area contributed by atoms with E-state index >= 15 is 0 Å². The summed E-state index contributed by atoms with van der Waals surface area (Å²) in [5.41, 5.74) is 0.442. The van der Waals surface area contributed by atoms with Gasteiger partial charge in [0.2, 0.25) is 0 Å². The Morgan fingerprint density at radius 2 is 2.07 bits per heavy atom. The van der Waals surface area contributed by atoms with Gasteiger partial charge in [0.05, 0.1) is 12.5 Å². The number of rotatable bonds is 1. The Labute approximate surface area is 85.0 Å². The smallest absolute Gasteiger partial charge is 0.311 e. The van der Waals surface area contributed by atoms with Crippen LogP contribution in [0.15, 0.2) is 0 Å². The van der Waals surface area contributed by atoms with Gasteiger partial charge in [-0.3, -0.25) is 4.79 Å². The van der Waals surface area contributed by atoms with Crippen LogP contribution in [0.2, 0.25) is 0 Å². The fraction of sp³-hybridized carbons (Fsp3) is 0.917. The Hall–Kier alpha value is -0.530. The molecule has 1 spiro atoms. The fourth-order valence-electron chi connectivity index (χ4n) is 4.50. The van der Waals surface area contributed by atoms with E-state index in [2.05, 4.69) is 6.92 Å². The van der Waals surface area contributed by atoms with Crippen molar-refractivity contribution in [3.63, 3.8) is 0 Å². The van der Waals surface area contributed by atoms with Gasteiger partial charge in [0, 0.05) is 0 Å². The molecule has 0 heterocycles. The Morgan fingerprint density at radius 3 is 2.57 bits per heavy atom. The third-order valence-corrected chi connectivity index (χ3v) is 5.23. The van der Waals surface area contributed by atoms with Crippen molar-refractivity contribution in [1.29, 1.82) is 0 Å². The van der Waals surface area contributed by atoms with Crippen molar-refractivity contribution in [3.05, 3.63) is 0 Å². The molecule has 3 saturated carbocycles. The first-order chi connectivity index (χ1) is 6.63. The number of carbonyl (C=O) groups excluding carboxylic acids is 1. The fourth-order valence-corrected chi connectivity index (χ4v) is 4.50. The first-order valence-electron chi connectivity index (χ1n) is 5.72. The molecule has 0 amide bonds. The number of ether oxygens (including phenoxy) is 1. The molecule has 2 nitrogen and oxygen atoms in total. The average molecular weight is 194 g/mol. The lowest BCUT2D eigenvalue weighted by Crippen LogP contribution is -2.35. The number of esters is 1. The van der Waals surface area contributed by atoms with Crippen LogP contribution in [0.4, 0.5) is 0 Å². The van der Waals surface area contributed by atoms with Crippen LogP contribution in [-0.4, -0.2) is 13.1 Å². The molecule has 78 valence electrons. The molecule has 0 aromatic heterocycles. The van der Waals surface area contributed by atoms with Gasteiger partial charge in [0.15, 0.2) is 0 Å². The predicted octanol–water partition coefficient (Wildman–Crippen LogP) is 2.38. The van der Waals surface area contributed by atoms with Gasteiger partial charge in [-0.2, -0.15) is 0 Å². The second kappa shape index (κ2) is 2.34. The highest BCUT2D eigenvalue weighted by Crippen LogP contribution is 2.76. The summed E-state index contributed by atoms with van der Waals surface area (Å²) in [4.78, 5) is 11.8. The van der Waals surface area contributed by atoms with E-state index in [1.807, 2.05) is 0 Å². The molecule has 2 bridgehead atoms. The molecule has 0 unspecified atom stereocenters. The van der Waals surface area contributed by atoms with Crippen molar-refractivity contribution in [3.8, 4) is 0 Å². The van der Waals surface area contributed by atoms with Gasteiger partial charge in [-0.1, -0.05) is 0 Å². The Kier molecular flexibility index (Phi) is 1.46. The van der Waals surface area contributed by atoms with Gasteiger partial charge in [0.1, 0.15) is 0 Å². The third-order valence-electron chi connectivity index (χ3n) is 5.23. The first-order valence-corrected chi connectivity index (χ1v) is 5.72. The zero-order valence-electron chi connectivity index (χ0n) is 9.01. The van der Waals surface area contributed by atoms with E-state index in [9.17, 15) is 4.79 Å². The summed E-state index contributed by atoms with van der Waals surface area (Å²) in [6.07, 6.45) is 6.45. The van der Waals surface area contributed by atoms with Gasteiger partial charge >= 0.3 is 5.97 Å². The summed E-state index contributed by atoms with van der Waals surface area (Å²) in [5.74, 6) is 1.50. The molecular weight excluding hydrogens is 176 g/mol. The molecule has 0 aliphatic heterocycles. The molecule has 14 heavy (non-hydrogen) atoms. The monoisotopic (exact) mass is 194 g/mol. The molecule has 2 heteroatoms. The normalized spacial score (nSPS) is 47.0. The SMILES string of the molecule is COC(=O)[C@]1(C)C[C@H]2CC[C@H]1C21CC1. The quantitative estimate of drug-likeness (QED) is 0.599. The molecule has 0 radical (unpaired) electrons. The molecule has 3 aliphatic carbocycles. The first kappa shape index (κ1) is 8.75. The molecular formula is C12H18O2. The summed E-state index contributed by atoms with van der Waals surface area (Å²) in [6, 6.07) is 0. The molecule has 3 aliphatic rings. The predicted molar refractivity (Wildman–Crippen MR) is 52.6 cm³/mol. The van der Waals surface area contributed by atoms with Crippen LogP contribution < -0.4 is 0 Å². The lowest BCUT2D eigenvalue weighted by Gasteiger charge is -2.31. The topological polar surface area (TPSA) is 26.3 Å². The van der Waals surface area contributed by atoms with E-state index in [1.54, 1.807) is 0 Å². The van der Waals surface area contributed by atoms with E-state index in [1.165, 1.54) is 32.8 Å². The van der Waals surface area contributed by atoms with Crippen LogP contribution in [0.25, 0.3) is 0 Å². The molecule has 3 fully saturated rings. The largest absolute Gasteiger partial charge is 0.469 e. The minimum Gasteiger partial charge on any atom is -0.469 e. The van der Waals surface area contributed by atoms with Crippen LogP contribution in [0, 0.1) is 22.7 Å². The maximum atomic E-state index is 11.8. The molecule has 3 rings (SSSR count). The lowest BCUT2D eigenvalue weighted by molar-refractivity contribution is -0.155. The van der Waals surface area contributed by atoms with Crippen molar-refractivity contribution < 1.29 is 9.53 Å². The second-order valence-electron chi connectivity index (χ2n) is 5.67. The third kappa shape index (κ3) is 0.768. The minimum atomic E-state index is -0.145. The Morgan fingerprint density at radius 1 is 1.36 bits per heavy atom. The van der Waals surface area contributed by atoms with Gasteiger partial charge in [-0.05, 0) is 56.3 Å². The van der Waals surface area contributed by atoms with Crippen LogP contribution >= 0.6 is 0 Å². The summed E-state index contributed by atoms with van der Waals surface area (Å²) in [5, 5.41) is 0. The summed E-state index contributed by atoms with van der Waals surface area (Å²) < 4.78 is 4.97. The minimum absolute atomic E-state index is 0.0379. The van der Waals surface area contributed by atoms with Gasteiger partial charge in [-0.25, -0.2) is 0 Å². The van der Waals surface area contributed by atoms with Crippen molar-refractivity contribution in [2.45, 2.75) is 39.0 Å². The van der Waals surface area contributed by atoms with Crippen LogP contribution in [0.3, 0.4) is 0 Å². The van der Waals surface area contributed by atoms with E-state index < -0.39 is 0 Å². The number of methoxy groups -OCH3 is 1. The Balaban J connectivity index is 1.95. The van der Waals surface area contributed by atoms with E-state index in [4.69, 9.17) is 4.74 Å². The lowest BCUT2D eigenvalue weighted by atomic mass is 9.73. The highest BCUT2D eigenvalue weighted by atomic mass is 16.5. The van der Waals surface area contributed by atoms with Crippen molar-refractivity contribution >= 4 is 5.97 Å². The molecule has 0 saturated heterocycles. The average Bonchev–Trinajstić information content (AvgIpc) is 2.84. The number of carbonyl (C=O) groups is 1. The van der Waals surface area contributed by atoms with E-state index in [0.29, 0.717) is 11.3 Å². The summed E-state index contributed by atoms with van der Waals surface area (Å²) >= 11 is 0. The zero-order chi connectivity index (χ0) is 9.97. The van der Waals surface area contributed by atoms with Crippen LogP contribution in [0.5, 0.6) is 0 Å². The van der Waals surface area contributed by atoms with Crippen molar-refractivity contribution in [2.24, 2.45) is 22.7 Å². The molecule has 0 N–H and O–H groups in total. The van der Waals surface area contributed by atoms with Crippen molar-refractivity contribution in [1.82, 2.24) is 0 Å². The van der Waals surface area contributed by atoms with Gasteiger partial charge in [0.25, 0.3) is 0 Å². The maximum Gasteiger partial charge on any atom is 0.311 e. The summed E-state index contributed by atoms with van der Waals surface area (Å²) in [6.45, 7) is 2.13. The molecule has 0 aromatic carbocycles. The highest BCUT2D eigenvalue weighted by Gasteiger charge is 2.70. The summed E-state index contributed by atoms with van der Waals surface area (Å²) in [7, 11) is 1.53. The Bertz CT molecular complexity index is 293. The highest BCUT2D eigenvalue weighted by molar-refractivity contribution is 5.78. The van der Waals surface area contributed by atoms with E-state index in [0.717, 1.165) is 12.3 Å². The van der Waals surface area contributed by atoms with Gasteiger partial charge in [-0.15, -0.1) is 0 Å². The standard InChI is InChI=1S/C12H18O2/c1-11(10(13)14-2)7-8-3-4-9(11)12(8)5-6-12/h8-9H,3-7H2,1-2H3/t8-,9-,11-/m1/s1. The second-order valence-corrected chi connectivity index (χ2v) is 5.67. The van der Waals surface area contributed by atoms with Crippen LogP contribution in [-0.2, 0) is 9.53 Å². The van der Waals surface area contributed by atoms with Crippen molar-refractivity contribution in [2.75, 3.05) is 7.11 Å². The van der Waals surface area contributed by atoms with E-state index in [-0.39, 0.29) is 11.4 Å². The molecule has 0 aromatic rings. The maximum absolute atomic E-state index is 11.8.